The van der Waals surface area contributed by atoms with Crippen LogP contribution in [-0.2, 0) is 4.79 Å². The Morgan fingerprint density at radius 2 is 2.00 bits per heavy atom. The van der Waals surface area contributed by atoms with E-state index in [0.29, 0.717) is 16.7 Å². The molecule has 3 aromatic rings. The summed E-state index contributed by atoms with van der Waals surface area (Å²) in [5, 5.41) is 28.3. The lowest BCUT2D eigenvalue weighted by Crippen LogP contribution is -2.25. The van der Waals surface area contributed by atoms with Gasteiger partial charge in [-0.25, -0.2) is 4.68 Å². The summed E-state index contributed by atoms with van der Waals surface area (Å²) in [6.07, 6.45) is 2.58. The Balaban J connectivity index is 1.70. The molecule has 0 bridgehead atoms. The van der Waals surface area contributed by atoms with Crippen LogP contribution in [0.5, 0.6) is 5.75 Å². The Morgan fingerprint density at radius 1 is 1.26 bits per heavy atom. The molecule has 1 amide bonds. The fourth-order valence-corrected chi connectivity index (χ4v) is 3.19. The van der Waals surface area contributed by atoms with Crippen LogP contribution in [0.15, 0.2) is 41.7 Å². The molecule has 142 valence electrons. The minimum atomic E-state index is -0.424. The van der Waals surface area contributed by atoms with E-state index in [2.05, 4.69) is 32.9 Å². The van der Waals surface area contributed by atoms with Gasteiger partial charge in [-0.1, -0.05) is 18.7 Å². The lowest BCUT2D eigenvalue weighted by atomic mass is 10.3. The summed E-state index contributed by atoms with van der Waals surface area (Å²) < 4.78 is 3.33. The summed E-state index contributed by atoms with van der Waals surface area (Å²) in [6, 6.07) is 8.48. The number of rotatable bonds is 7. The van der Waals surface area contributed by atoms with Crippen molar-refractivity contribution in [3.8, 4) is 11.4 Å². The van der Waals surface area contributed by atoms with Gasteiger partial charge in [0.15, 0.2) is 0 Å². The highest BCUT2D eigenvalue weighted by Gasteiger charge is 2.21. The summed E-state index contributed by atoms with van der Waals surface area (Å²) in [6.45, 7) is 5.91. The number of tetrazole rings is 1. The lowest BCUT2D eigenvalue weighted by Gasteiger charge is -2.16. The number of phenolic OH excluding ortho intramolecular Hbond substituents is 1. The normalized spacial score (nSPS) is 13.3. The second-order valence-electron chi connectivity index (χ2n) is 6.06. The molecule has 3 rings (SSSR count). The van der Waals surface area contributed by atoms with Crippen molar-refractivity contribution >= 4 is 23.5 Å². The maximum atomic E-state index is 12.6. The molecule has 0 saturated heterocycles. The molecule has 0 aliphatic heterocycles. The topological polar surface area (TPSA) is 111 Å². The Morgan fingerprint density at radius 3 is 2.70 bits per heavy atom. The van der Waals surface area contributed by atoms with E-state index < -0.39 is 5.25 Å². The third-order valence-corrected chi connectivity index (χ3v) is 5.15. The van der Waals surface area contributed by atoms with Crippen molar-refractivity contribution in [2.75, 3.05) is 5.32 Å². The molecule has 0 radical (unpaired) electrons. The Bertz CT molecular complexity index is 906. The van der Waals surface area contributed by atoms with E-state index in [9.17, 15) is 9.90 Å². The average Bonchev–Trinajstić information content (AvgIpc) is 3.31. The van der Waals surface area contributed by atoms with Gasteiger partial charge < -0.3 is 10.4 Å². The van der Waals surface area contributed by atoms with E-state index in [4.69, 9.17) is 0 Å². The molecule has 2 aromatic heterocycles. The Hall–Kier alpha value is -2.88. The molecular formula is C17H21N7O2S. The van der Waals surface area contributed by atoms with E-state index >= 15 is 0 Å². The third kappa shape index (κ3) is 4.27. The maximum absolute atomic E-state index is 12.6. The van der Waals surface area contributed by atoms with Gasteiger partial charge in [0, 0.05) is 6.07 Å². The van der Waals surface area contributed by atoms with E-state index in [0.717, 1.165) is 6.42 Å². The second kappa shape index (κ2) is 8.21. The molecule has 0 spiro atoms. The third-order valence-electron chi connectivity index (χ3n) is 4.12. The van der Waals surface area contributed by atoms with Crippen molar-refractivity contribution in [3.63, 3.8) is 0 Å². The maximum Gasteiger partial charge on any atom is 0.238 e. The number of nitrogens with one attached hydrogen (secondary N) is 1. The number of phenols is 1. The number of carbonyl (C=O) groups excluding carboxylic acids is 1. The van der Waals surface area contributed by atoms with Gasteiger partial charge in [0.05, 0.1) is 23.2 Å². The van der Waals surface area contributed by atoms with Crippen molar-refractivity contribution in [3.05, 3.63) is 36.5 Å². The van der Waals surface area contributed by atoms with Crippen LogP contribution >= 0.6 is 11.8 Å². The number of carbonyl (C=O) groups is 1. The van der Waals surface area contributed by atoms with Crippen LogP contribution in [0.2, 0.25) is 0 Å². The minimum absolute atomic E-state index is 0.159. The highest BCUT2D eigenvalue weighted by Crippen LogP contribution is 2.25. The predicted octanol–water partition coefficient (Wildman–Crippen LogP) is 2.65. The predicted molar refractivity (Wildman–Crippen MR) is 102 cm³/mol. The van der Waals surface area contributed by atoms with E-state index in [-0.39, 0.29) is 17.7 Å². The number of hydrogen-bond donors (Lipinski definition) is 2. The van der Waals surface area contributed by atoms with Crippen LogP contribution in [0.1, 0.15) is 33.2 Å². The summed E-state index contributed by atoms with van der Waals surface area (Å²) in [5.74, 6) is 0.664. The van der Waals surface area contributed by atoms with Gasteiger partial charge in [-0.3, -0.25) is 4.79 Å². The van der Waals surface area contributed by atoms with Gasteiger partial charge in [0.25, 0.3) is 0 Å². The SMILES string of the molecule is CC[C@@H](C)n1nccc1NC(=O)[C@@H](C)Sc1nnnn1-c1ccc(O)cc1. The molecule has 2 atom stereocenters. The average molecular weight is 387 g/mol. The van der Waals surface area contributed by atoms with Gasteiger partial charge >= 0.3 is 0 Å². The van der Waals surface area contributed by atoms with E-state index in [1.54, 1.807) is 48.1 Å². The number of hydrogen-bond acceptors (Lipinski definition) is 7. The molecule has 27 heavy (non-hydrogen) atoms. The number of thioether (sulfide) groups is 1. The zero-order valence-electron chi connectivity index (χ0n) is 15.3. The number of anilines is 1. The van der Waals surface area contributed by atoms with Gasteiger partial charge in [-0.2, -0.15) is 9.78 Å². The van der Waals surface area contributed by atoms with Crippen LogP contribution in [0.3, 0.4) is 0 Å². The van der Waals surface area contributed by atoms with Crippen molar-refractivity contribution < 1.29 is 9.90 Å². The number of nitrogens with zero attached hydrogens (tertiary/aromatic N) is 6. The van der Waals surface area contributed by atoms with Crippen LogP contribution in [0.25, 0.3) is 5.69 Å². The fraction of sp³-hybridized carbons (Fsp3) is 0.353. The fourth-order valence-electron chi connectivity index (χ4n) is 2.39. The quantitative estimate of drug-likeness (QED) is 0.600. The molecule has 2 heterocycles. The Kier molecular flexibility index (Phi) is 5.75. The monoisotopic (exact) mass is 387 g/mol. The summed E-state index contributed by atoms with van der Waals surface area (Å²) in [5.41, 5.74) is 0.697. The smallest absolute Gasteiger partial charge is 0.238 e. The molecule has 10 heteroatoms. The van der Waals surface area contributed by atoms with Crippen LogP contribution in [-0.4, -0.2) is 46.3 Å². The van der Waals surface area contributed by atoms with Gasteiger partial charge in [-0.15, -0.1) is 5.10 Å². The first-order valence-electron chi connectivity index (χ1n) is 8.58. The first-order valence-corrected chi connectivity index (χ1v) is 9.46. The van der Waals surface area contributed by atoms with E-state index in [1.807, 2.05) is 6.92 Å². The number of aromatic hydroxyl groups is 1. The Labute approximate surface area is 160 Å². The van der Waals surface area contributed by atoms with Gasteiger partial charge in [0.1, 0.15) is 11.6 Å². The molecule has 0 saturated carbocycles. The first kappa shape index (κ1) is 18.9. The largest absolute Gasteiger partial charge is 0.508 e. The van der Waals surface area contributed by atoms with Crippen molar-refractivity contribution in [2.45, 2.75) is 43.6 Å². The first-order chi connectivity index (χ1) is 13.0. The lowest BCUT2D eigenvalue weighted by molar-refractivity contribution is -0.115. The highest BCUT2D eigenvalue weighted by molar-refractivity contribution is 8.00. The van der Waals surface area contributed by atoms with Gasteiger partial charge in [-0.05, 0) is 55.0 Å². The molecule has 2 N–H and O–H groups in total. The molecule has 0 fully saturated rings. The van der Waals surface area contributed by atoms with Crippen LogP contribution in [0.4, 0.5) is 5.82 Å². The van der Waals surface area contributed by atoms with Crippen molar-refractivity contribution in [2.24, 2.45) is 0 Å². The number of benzene rings is 1. The zero-order valence-corrected chi connectivity index (χ0v) is 16.1. The van der Waals surface area contributed by atoms with Gasteiger partial charge in [0.2, 0.25) is 11.1 Å². The van der Waals surface area contributed by atoms with E-state index in [1.165, 1.54) is 16.4 Å². The number of aromatic nitrogens is 6. The zero-order chi connectivity index (χ0) is 19.4. The summed E-state index contributed by atoms with van der Waals surface area (Å²) in [4.78, 5) is 12.6. The van der Waals surface area contributed by atoms with Crippen molar-refractivity contribution in [1.82, 2.24) is 30.0 Å². The molecular weight excluding hydrogens is 366 g/mol. The highest BCUT2D eigenvalue weighted by atomic mass is 32.2. The standard InChI is InChI=1S/C17H21N7O2S/c1-4-11(2)23-15(9-10-18-23)19-16(26)12(3)27-17-20-21-22-24(17)13-5-7-14(25)8-6-13/h5-12,25H,4H2,1-3H3,(H,19,26)/t11-,12-/m1/s1. The number of amides is 1. The molecule has 0 unspecified atom stereocenters. The minimum Gasteiger partial charge on any atom is -0.508 e. The van der Waals surface area contributed by atoms with Crippen LogP contribution in [0, 0.1) is 0 Å². The molecule has 0 aliphatic rings. The van der Waals surface area contributed by atoms with Crippen molar-refractivity contribution in [1.29, 1.82) is 0 Å². The molecule has 0 aliphatic carbocycles. The van der Waals surface area contributed by atoms with Crippen LogP contribution < -0.4 is 5.32 Å². The summed E-state index contributed by atoms with van der Waals surface area (Å²) in [7, 11) is 0. The molecule has 1 aromatic carbocycles. The summed E-state index contributed by atoms with van der Waals surface area (Å²) >= 11 is 1.25. The second-order valence-corrected chi connectivity index (χ2v) is 7.37. The molecule has 9 nitrogen and oxygen atoms in total.